The van der Waals surface area contributed by atoms with Gasteiger partial charge in [0.2, 0.25) is 17.7 Å². The van der Waals surface area contributed by atoms with E-state index in [0.717, 1.165) is 43.0 Å². The number of carbonyl (C=O) groups is 5. The molecule has 0 fully saturated rings. The second-order valence-electron chi connectivity index (χ2n) is 16.7. The number of terminal acetylenes is 1. The molecular weight excluding hydrogens is 1090 g/mol. The number of hydrogen-bond donors (Lipinski definition) is 3. The number of alkyl halides is 5. The number of benzene rings is 2. The van der Waals surface area contributed by atoms with Crippen LogP contribution in [0.15, 0.2) is 63.7 Å². The predicted octanol–water partition coefficient (Wildman–Crippen LogP) is 5.74. The number of hydrogen-bond acceptors (Lipinski definition) is 17. The van der Waals surface area contributed by atoms with Crippen LogP contribution in [0.4, 0.5) is 48.5 Å². The van der Waals surface area contributed by atoms with Crippen molar-refractivity contribution in [1.82, 2.24) is 24.5 Å². The number of carboxylic acids is 1. The maximum absolute atomic E-state index is 14.7. The van der Waals surface area contributed by atoms with Gasteiger partial charge in [0.25, 0.3) is 27.7 Å². The first-order valence-corrected chi connectivity index (χ1v) is 25.1. The lowest BCUT2D eigenvalue weighted by atomic mass is 9.93. The molecule has 1 aliphatic carbocycles. The molecule has 0 bridgehead atoms. The Kier molecular flexibility index (Phi) is 16.9. The molecule has 406 valence electrons. The summed E-state index contributed by atoms with van der Waals surface area (Å²) in [5.41, 5.74) is -3.06. The van der Waals surface area contributed by atoms with Gasteiger partial charge in [-0.3, -0.25) is 24.6 Å². The Morgan fingerprint density at radius 3 is 2.22 bits per heavy atom. The largest absolute Gasteiger partial charge is 0.481 e. The number of nitrogens with one attached hydrogen (secondary N) is 2. The smallest absolute Gasteiger partial charge is 0.435 e. The van der Waals surface area contributed by atoms with Gasteiger partial charge in [-0.1, -0.05) is 34.8 Å². The molecule has 4 aromatic rings. The summed E-state index contributed by atoms with van der Waals surface area (Å²) < 4.78 is 144. The zero-order chi connectivity index (χ0) is 56.2. The number of anilines is 3. The average molecular weight is 1130 g/mol. The highest BCUT2D eigenvalue weighted by atomic mass is 35.5. The van der Waals surface area contributed by atoms with Crippen molar-refractivity contribution in [2.45, 2.75) is 75.0 Å². The van der Waals surface area contributed by atoms with E-state index in [4.69, 9.17) is 37.4 Å². The number of sulfone groups is 1. The van der Waals surface area contributed by atoms with Gasteiger partial charge in [-0.2, -0.15) is 32.0 Å². The molecule has 0 spiro atoms. The van der Waals surface area contributed by atoms with E-state index in [-0.39, 0.29) is 59.6 Å². The molecule has 0 saturated carbocycles. The monoisotopic (exact) mass is 1130 g/mol. The fourth-order valence-corrected chi connectivity index (χ4v) is 10.3. The summed E-state index contributed by atoms with van der Waals surface area (Å²) in [5.74, 6) is -3.54. The minimum atomic E-state index is -5.06. The number of amides is 5. The number of methoxy groups -OCH3 is 1. The molecule has 2 aromatic heterocycles. The molecule has 0 unspecified atom stereocenters. The number of ether oxygens (including phenoxy) is 3. The molecule has 4 aliphatic rings. The lowest BCUT2D eigenvalue weighted by Crippen LogP contribution is -2.39. The average Bonchev–Trinajstić information content (AvgIpc) is 3.96. The van der Waals surface area contributed by atoms with Crippen LogP contribution in [-0.4, -0.2) is 109 Å². The van der Waals surface area contributed by atoms with Crippen LogP contribution in [0.1, 0.15) is 67.6 Å². The summed E-state index contributed by atoms with van der Waals surface area (Å²) in [4.78, 5) is 74.3. The normalized spacial score (nSPS) is 15.9. The Hall–Kier alpha value is -7.98. The van der Waals surface area contributed by atoms with E-state index in [1.807, 2.05) is 0 Å². The van der Waals surface area contributed by atoms with Crippen LogP contribution >= 0.6 is 11.6 Å². The van der Waals surface area contributed by atoms with E-state index in [2.05, 4.69) is 36.2 Å². The predicted molar refractivity (Wildman–Crippen MR) is 252 cm³/mol. The van der Waals surface area contributed by atoms with Gasteiger partial charge in [-0.05, 0) is 57.7 Å². The Morgan fingerprint density at radius 1 is 1.01 bits per heavy atom. The number of oxime groups is 1. The number of sulfonamides is 1. The number of aryl methyl sites for hydroxylation is 1. The minimum Gasteiger partial charge on any atom is -0.481 e. The maximum Gasteiger partial charge on any atom is 0.435 e. The van der Waals surface area contributed by atoms with Crippen LogP contribution in [0.2, 0.25) is 5.15 Å². The molecule has 0 atom stereocenters. The van der Waals surface area contributed by atoms with Crippen molar-refractivity contribution in [3.63, 3.8) is 0 Å². The molecule has 3 aliphatic heterocycles. The van der Waals surface area contributed by atoms with Gasteiger partial charge in [0.1, 0.15) is 21.4 Å². The van der Waals surface area contributed by atoms with Crippen molar-refractivity contribution in [1.29, 1.82) is 0 Å². The van der Waals surface area contributed by atoms with E-state index in [1.54, 1.807) is 4.72 Å². The molecule has 0 radical (unpaired) electrons. The van der Waals surface area contributed by atoms with E-state index >= 15 is 0 Å². The van der Waals surface area contributed by atoms with Crippen molar-refractivity contribution in [2.24, 2.45) is 12.2 Å². The summed E-state index contributed by atoms with van der Waals surface area (Å²) in [7, 11) is -6.56. The van der Waals surface area contributed by atoms with Crippen molar-refractivity contribution in [3.05, 3.63) is 81.4 Å². The van der Waals surface area contributed by atoms with Crippen LogP contribution < -0.4 is 34.0 Å². The SMILES string of the molecule is C#CCN1C(=O)COc2cc(F)c(N3C(=O)C4=C(CCCC4)C3=O)cc21.COc1cc(Cl)nc(NC(=O)NS(=O)(=O)c2ccccc2C(=O)O)n1.Cn1nc(C(F)(F)F)c(CS(=O)(=O)C2=NOC(C)(C)C2)c1OC(F)F. The Balaban J connectivity index is 0.000000185. The van der Waals surface area contributed by atoms with Gasteiger partial charge in [-0.15, -0.1) is 6.42 Å². The van der Waals surface area contributed by atoms with E-state index < -0.39 is 106 Å². The zero-order valence-electron chi connectivity index (χ0n) is 39.7. The summed E-state index contributed by atoms with van der Waals surface area (Å²) >= 11 is 5.71. The van der Waals surface area contributed by atoms with Crippen molar-refractivity contribution >= 4 is 83.6 Å². The molecule has 32 heteroatoms. The van der Waals surface area contributed by atoms with Gasteiger partial charge in [0.05, 0.1) is 41.9 Å². The van der Waals surface area contributed by atoms with Crippen LogP contribution in [0.5, 0.6) is 17.5 Å². The number of carboxylic acid groups (broad SMARTS) is 1. The molecule has 76 heavy (non-hydrogen) atoms. The number of halogens is 7. The zero-order valence-corrected chi connectivity index (χ0v) is 42.1. The van der Waals surface area contributed by atoms with Gasteiger partial charge >= 0.3 is 24.8 Å². The lowest BCUT2D eigenvalue weighted by Gasteiger charge is -2.29. The second-order valence-corrected chi connectivity index (χ2v) is 20.7. The van der Waals surface area contributed by atoms with Crippen LogP contribution in [0.3, 0.4) is 0 Å². The summed E-state index contributed by atoms with van der Waals surface area (Å²) in [6, 6.07) is 7.27. The number of aromatic nitrogens is 4. The Labute approximate surface area is 431 Å². The molecule has 5 heterocycles. The van der Waals surface area contributed by atoms with Gasteiger partial charge in [0, 0.05) is 36.7 Å². The third-order valence-electron chi connectivity index (χ3n) is 10.8. The second kappa shape index (κ2) is 22.5. The quantitative estimate of drug-likeness (QED) is 0.0698. The standard InChI is InChI=1S/C19H15FN2O4.C13H11ClN4O6S.C12H14F5N3O4S/c1-2-7-21-15-9-14(13(20)8-16(15)26-10-17(21)23)22-18(24)11-5-3-4-6-12(11)19(22)25;1-24-10-6-9(14)15-12(16-10)17-13(21)18-25(22,23)8-5-3-2-4-7(8)11(19)20;1-11(2)4-7(19-24-11)25(21,22)5-6-8(12(15,16)17)18-20(3)9(6)23-10(13)14/h1,8-9H,3-7,10H2;2-6H,1H3,(H,19,20)(H2,15,16,17,18,21);10H,4-5H2,1-3H3. The first-order chi connectivity index (χ1) is 35.5. The third kappa shape index (κ3) is 12.9. The molecule has 0 saturated heterocycles. The number of urea groups is 1. The number of imide groups is 1. The van der Waals surface area contributed by atoms with Crippen LogP contribution in [0, 0.1) is 18.2 Å². The first-order valence-electron chi connectivity index (χ1n) is 21.6. The third-order valence-corrected chi connectivity index (χ3v) is 14.0. The van der Waals surface area contributed by atoms with E-state index in [0.29, 0.717) is 28.7 Å². The molecule has 2 aromatic carbocycles. The van der Waals surface area contributed by atoms with E-state index in [1.165, 1.54) is 50.1 Å². The highest BCUT2D eigenvalue weighted by Gasteiger charge is 2.45. The highest BCUT2D eigenvalue weighted by molar-refractivity contribution is 8.05. The molecule has 3 N–H and O–H groups in total. The highest BCUT2D eigenvalue weighted by Crippen LogP contribution is 2.42. The summed E-state index contributed by atoms with van der Waals surface area (Å²) in [5, 5.41) is 17.0. The van der Waals surface area contributed by atoms with Gasteiger partial charge in [-0.25, -0.2) is 50.1 Å². The van der Waals surface area contributed by atoms with Gasteiger partial charge < -0.3 is 24.2 Å². The van der Waals surface area contributed by atoms with Crippen LogP contribution in [-0.2, 0) is 58.1 Å². The summed E-state index contributed by atoms with van der Waals surface area (Å²) in [6.07, 6.45) is 2.79. The molecular formula is C44H40ClF6N9O14S2. The maximum atomic E-state index is 14.7. The van der Waals surface area contributed by atoms with E-state index in [9.17, 15) is 67.2 Å². The topological polar surface area (TPSA) is 297 Å². The van der Waals surface area contributed by atoms with Crippen LogP contribution in [0.25, 0.3) is 0 Å². The molecule has 23 nitrogen and oxygen atoms in total. The van der Waals surface area contributed by atoms with Crippen molar-refractivity contribution in [3.8, 4) is 29.9 Å². The van der Waals surface area contributed by atoms with Gasteiger partial charge in [0.15, 0.2) is 33.0 Å². The number of aromatic carboxylic acids is 1. The number of rotatable bonds is 11. The lowest BCUT2D eigenvalue weighted by molar-refractivity contribution is -0.142. The van der Waals surface area contributed by atoms with Crippen molar-refractivity contribution < 1.29 is 91.3 Å². The molecule has 5 amide bonds. The number of fused-ring (bicyclic) bond motifs is 1. The fourth-order valence-electron chi connectivity index (χ4n) is 7.53. The fraction of sp³-hybridized carbons (Fsp3) is 0.341. The molecule has 8 rings (SSSR count). The minimum absolute atomic E-state index is 0.0170. The Bertz CT molecular complexity index is 3340. The summed E-state index contributed by atoms with van der Waals surface area (Å²) in [6.45, 7) is -0.642. The first kappa shape index (κ1) is 57.3. The Morgan fingerprint density at radius 2 is 1.66 bits per heavy atom. The number of nitrogens with zero attached hydrogens (tertiary/aromatic N) is 7. The van der Waals surface area contributed by atoms with Crippen molar-refractivity contribution in [2.75, 3.05) is 35.4 Å². The number of carbonyl (C=O) groups excluding carboxylic acids is 4.